The van der Waals surface area contributed by atoms with Crippen LogP contribution in [0.2, 0.25) is 0 Å². The Hall–Kier alpha value is -1.87. The van der Waals surface area contributed by atoms with Crippen molar-refractivity contribution in [2.45, 2.75) is 32.7 Å². The van der Waals surface area contributed by atoms with E-state index in [1.54, 1.807) is 6.07 Å². The topological polar surface area (TPSA) is 45.1 Å². The van der Waals surface area contributed by atoms with Crippen LogP contribution in [0, 0.1) is 6.92 Å². The van der Waals surface area contributed by atoms with Crippen molar-refractivity contribution in [3.8, 4) is 5.75 Å². The van der Waals surface area contributed by atoms with Crippen molar-refractivity contribution in [2.75, 3.05) is 6.54 Å². The van der Waals surface area contributed by atoms with Crippen LogP contribution in [0.5, 0.6) is 5.75 Å². The third kappa shape index (κ3) is 4.07. The van der Waals surface area contributed by atoms with E-state index < -0.39 is 0 Å². The molecule has 0 radical (unpaired) electrons. The summed E-state index contributed by atoms with van der Waals surface area (Å²) in [5.41, 5.74) is 3.20. The molecule has 0 aliphatic heterocycles. The minimum absolute atomic E-state index is 0.177. The normalized spacial score (nSPS) is 12.3. The van der Waals surface area contributed by atoms with E-state index in [9.17, 15) is 5.11 Å². The number of phenolic OH excluding ortho intramolecular Hbond substituents is 1. The van der Waals surface area contributed by atoms with E-state index >= 15 is 0 Å². The fourth-order valence-electron chi connectivity index (χ4n) is 2.28. The molecule has 106 valence electrons. The Balaban J connectivity index is 2.19. The first-order valence-corrected chi connectivity index (χ1v) is 7.14. The zero-order valence-corrected chi connectivity index (χ0v) is 12.1. The number of hydrogen-bond donors (Lipinski definition) is 2. The molecule has 3 heteroatoms. The highest BCUT2D eigenvalue weighted by atomic mass is 16.3. The number of rotatable bonds is 6. The zero-order valence-electron chi connectivity index (χ0n) is 12.1. The molecule has 20 heavy (non-hydrogen) atoms. The minimum atomic E-state index is 0.177. The number of benzene rings is 1. The highest BCUT2D eigenvalue weighted by molar-refractivity contribution is 5.28. The van der Waals surface area contributed by atoms with Gasteiger partial charge < -0.3 is 10.4 Å². The number of aryl methyl sites for hydroxylation is 1. The monoisotopic (exact) mass is 270 g/mol. The third-order valence-corrected chi connectivity index (χ3v) is 3.26. The number of nitrogens with one attached hydrogen (secondary N) is 1. The molecule has 2 aromatic rings. The lowest BCUT2D eigenvalue weighted by atomic mass is 10.0. The zero-order chi connectivity index (χ0) is 14.4. The lowest BCUT2D eigenvalue weighted by molar-refractivity contribution is 0.472. The molecular weight excluding hydrogens is 248 g/mol. The van der Waals surface area contributed by atoms with E-state index in [2.05, 4.69) is 23.3 Å². The fraction of sp³-hybridized carbons (Fsp3) is 0.353. The number of hydrogen-bond acceptors (Lipinski definition) is 3. The Morgan fingerprint density at radius 1 is 1.20 bits per heavy atom. The molecule has 2 rings (SSSR count). The molecule has 2 N–H and O–H groups in total. The van der Waals surface area contributed by atoms with Gasteiger partial charge in [-0.1, -0.05) is 25.1 Å². The maximum Gasteiger partial charge on any atom is 0.115 e. The average Bonchev–Trinajstić information content (AvgIpc) is 2.43. The van der Waals surface area contributed by atoms with Crippen molar-refractivity contribution in [3.05, 3.63) is 59.4 Å². The van der Waals surface area contributed by atoms with Gasteiger partial charge in [0.25, 0.3) is 0 Å². The Morgan fingerprint density at radius 2 is 2.00 bits per heavy atom. The summed E-state index contributed by atoms with van der Waals surface area (Å²) in [5.74, 6) is 0.314. The van der Waals surface area contributed by atoms with Crippen molar-refractivity contribution in [1.29, 1.82) is 0 Å². The Bertz CT molecular complexity index is 554. The first-order chi connectivity index (χ1) is 9.69. The molecule has 0 bridgehead atoms. The third-order valence-electron chi connectivity index (χ3n) is 3.26. The van der Waals surface area contributed by atoms with Crippen molar-refractivity contribution in [1.82, 2.24) is 10.3 Å². The molecule has 0 amide bonds. The van der Waals surface area contributed by atoms with Crippen molar-refractivity contribution >= 4 is 0 Å². The molecule has 3 nitrogen and oxygen atoms in total. The number of pyridine rings is 1. The summed E-state index contributed by atoms with van der Waals surface area (Å²) in [4.78, 5) is 4.62. The lowest BCUT2D eigenvalue weighted by Crippen LogP contribution is -2.25. The molecule has 1 aromatic carbocycles. The number of aromatic nitrogens is 1. The van der Waals surface area contributed by atoms with E-state index in [1.807, 2.05) is 37.3 Å². The maximum absolute atomic E-state index is 9.58. The summed E-state index contributed by atoms with van der Waals surface area (Å²) >= 11 is 0. The van der Waals surface area contributed by atoms with Crippen LogP contribution >= 0.6 is 0 Å². The largest absolute Gasteiger partial charge is 0.508 e. The summed E-state index contributed by atoms with van der Waals surface area (Å²) in [6.45, 7) is 5.12. The predicted molar refractivity (Wildman–Crippen MR) is 81.8 cm³/mol. The minimum Gasteiger partial charge on any atom is -0.508 e. The first kappa shape index (κ1) is 14.5. The molecule has 1 aromatic heterocycles. The lowest BCUT2D eigenvalue weighted by Gasteiger charge is -2.18. The number of nitrogens with zero attached hydrogens (tertiary/aromatic N) is 1. The predicted octanol–water partition coefficient (Wildman–Crippen LogP) is 3.38. The average molecular weight is 270 g/mol. The first-order valence-electron chi connectivity index (χ1n) is 7.14. The van der Waals surface area contributed by atoms with Crippen LogP contribution in [-0.2, 0) is 6.42 Å². The highest BCUT2D eigenvalue weighted by Gasteiger charge is 2.13. The number of phenols is 1. The van der Waals surface area contributed by atoms with Gasteiger partial charge in [0.05, 0.1) is 11.7 Å². The molecule has 0 aliphatic rings. The van der Waals surface area contributed by atoms with E-state index in [4.69, 9.17) is 0 Å². The van der Waals surface area contributed by atoms with E-state index in [-0.39, 0.29) is 6.04 Å². The van der Waals surface area contributed by atoms with Gasteiger partial charge >= 0.3 is 0 Å². The van der Waals surface area contributed by atoms with Crippen molar-refractivity contribution in [2.24, 2.45) is 0 Å². The maximum atomic E-state index is 9.58. The second-order valence-electron chi connectivity index (χ2n) is 5.08. The smallest absolute Gasteiger partial charge is 0.115 e. The Kier molecular flexibility index (Phi) is 5.13. The quantitative estimate of drug-likeness (QED) is 0.846. The van der Waals surface area contributed by atoms with Gasteiger partial charge in [-0.05, 0) is 56.1 Å². The van der Waals surface area contributed by atoms with E-state index in [0.717, 1.165) is 36.3 Å². The van der Waals surface area contributed by atoms with E-state index in [1.165, 1.54) is 0 Å². The summed E-state index contributed by atoms with van der Waals surface area (Å²) in [5, 5.41) is 13.1. The van der Waals surface area contributed by atoms with Crippen LogP contribution in [0.25, 0.3) is 0 Å². The van der Waals surface area contributed by atoms with Gasteiger partial charge in [-0.2, -0.15) is 0 Å². The van der Waals surface area contributed by atoms with Crippen LogP contribution in [0.1, 0.15) is 36.3 Å². The van der Waals surface area contributed by atoms with E-state index in [0.29, 0.717) is 5.75 Å². The van der Waals surface area contributed by atoms with Gasteiger partial charge in [0.15, 0.2) is 0 Å². The van der Waals surface area contributed by atoms with Crippen LogP contribution in [0.4, 0.5) is 0 Å². The van der Waals surface area contributed by atoms with Gasteiger partial charge in [0, 0.05) is 5.69 Å². The van der Waals surface area contributed by atoms with Crippen molar-refractivity contribution < 1.29 is 5.11 Å². The molecule has 0 fully saturated rings. The van der Waals surface area contributed by atoms with Gasteiger partial charge in [0.1, 0.15) is 5.75 Å². The van der Waals surface area contributed by atoms with Gasteiger partial charge in [0.2, 0.25) is 0 Å². The van der Waals surface area contributed by atoms with Gasteiger partial charge in [-0.25, -0.2) is 0 Å². The van der Waals surface area contributed by atoms with Crippen LogP contribution in [0.15, 0.2) is 42.5 Å². The second-order valence-corrected chi connectivity index (χ2v) is 5.08. The van der Waals surface area contributed by atoms with Crippen LogP contribution in [0.3, 0.4) is 0 Å². The molecule has 0 saturated carbocycles. The summed E-state index contributed by atoms with van der Waals surface area (Å²) in [6.07, 6.45) is 1.91. The van der Waals surface area contributed by atoms with Gasteiger partial charge in [-0.15, -0.1) is 0 Å². The van der Waals surface area contributed by atoms with Crippen LogP contribution < -0.4 is 5.32 Å². The molecular formula is C17H22N2O. The summed E-state index contributed by atoms with van der Waals surface area (Å²) in [6, 6.07) is 13.7. The molecule has 0 aliphatic carbocycles. The molecule has 0 saturated heterocycles. The van der Waals surface area contributed by atoms with Crippen molar-refractivity contribution in [3.63, 3.8) is 0 Å². The molecule has 1 heterocycles. The Morgan fingerprint density at radius 3 is 2.70 bits per heavy atom. The second kappa shape index (κ2) is 7.06. The SMILES string of the molecule is CCCNC(Cc1cccc(O)c1)c1cccc(C)n1. The summed E-state index contributed by atoms with van der Waals surface area (Å²) < 4.78 is 0. The molecule has 1 atom stereocenters. The number of aromatic hydroxyl groups is 1. The molecule has 1 unspecified atom stereocenters. The Labute approximate surface area is 120 Å². The van der Waals surface area contributed by atoms with Crippen LogP contribution in [-0.4, -0.2) is 16.6 Å². The molecule has 0 spiro atoms. The fourth-order valence-corrected chi connectivity index (χ4v) is 2.28. The highest BCUT2D eigenvalue weighted by Crippen LogP contribution is 2.20. The van der Waals surface area contributed by atoms with Gasteiger partial charge in [-0.3, -0.25) is 4.98 Å². The standard InChI is InChI=1S/C17H22N2O/c1-3-10-18-17(16-9-4-6-13(2)19-16)12-14-7-5-8-15(20)11-14/h4-9,11,17-18,20H,3,10,12H2,1-2H3. The summed E-state index contributed by atoms with van der Waals surface area (Å²) in [7, 11) is 0.